The zero-order chi connectivity index (χ0) is 18.6. The molecule has 0 aliphatic rings. The second-order valence-electron chi connectivity index (χ2n) is 5.89. The van der Waals surface area contributed by atoms with E-state index in [1.165, 1.54) is 10.7 Å². The minimum Gasteiger partial charge on any atom is -0.382 e. The Morgan fingerprint density at radius 3 is 2.67 bits per heavy atom. The molecule has 27 heavy (non-hydrogen) atoms. The van der Waals surface area contributed by atoms with Crippen LogP contribution in [-0.2, 0) is 6.54 Å². The van der Waals surface area contributed by atoms with E-state index in [1.54, 1.807) is 30.6 Å². The molecule has 0 bridgehead atoms. The Bertz CT molecular complexity index is 1080. The lowest BCUT2D eigenvalue weighted by molar-refractivity contribution is 0.102. The number of fused-ring (bicyclic) bond motifs is 1. The van der Waals surface area contributed by atoms with Gasteiger partial charge in [0.25, 0.3) is 5.91 Å². The predicted octanol–water partition coefficient (Wildman–Crippen LogP) is 2.57. The Morgan fingerprint density at radius 1 is 1.11 bits per heavy atom. The van der Waals surface area contributed by atoms with Crippen molar-refractivity contribution in [1.82, 2.24) is 19.6 Å². The SMILES string of the molecule is Nc1cc(NCc2ccccc2)c2ncc(C(=O)Nc3ccncc3)n2n1. The quantitative estimate of drug-likeness (QED) is 0.505. The summed E-state index contributed by atoms with van der Waals surface area (Å²) in [6.45, 7) is 0.603. The molecule has 4 N–H and O–H groups in total. The highest BCUT2D eigenvalue weighted by Gasteiger charge is 2.16. The number of nitrogens with zero attached hydrogens (tertiary/aromatic N) is 4. The zero-order valence-electron chi connectivity index (χ0n) is 14.3. The van der Waals surface area contributed by atoms with Gasteiger partial charge in [0.2, 0.25) is 0 Å². The van der Waals surface area contributed by atoms with Crippen molar-refractivity contribution in [2.75, 3.05) is 16.4 Å². The van der Waals surface area contributed by atoms with Crippen molar-refractivity contribution in [1.29, 1.82) is 0 Å². The highest BCUT2D eigenvalue weighted by atomic mass is 16.2. The normalized spacial score (nSPS) is 10.7. The Labute approximate surface area is 155 Å². The van der Waals surface area contributed by atoms with Crippen LogP contribution in [0.3, 0.4) is 0 Å². The van der Waals surface area contributed by atoms with Gasteiger partial charge in [0.1, 0.15) is 5.82 Å². The molecule has 0 fully saturated rings. The summed E-state index contributed by atoms with van der Waals surface area (Å²) in [4.78, 5) is 20.9. The monoisotopic (exact) mass is 359 g/mol. The first-order valence-corrected chi connectivity index (χ1v) is 8.34. The van der Waals surface area contributed by atoms with E-state index in [4.69, 9.17) is 5.73 Å². The number of carbonyl (C=O) groups excluding carboxylic acids is 1. The van der Waals surface area contributed by atoms with Crippen LogP contribution in [-0.4, -0.2) is 25.5 Å². The molecule has 0 radical (unpaired) electrons. The summed E-state index contributed by atoms with van der Waals surface area (Å²) in [5.74, 6) is -0.0465. The molecule has 0 saturated heterocycles. The minimum atomic E-state index is -0.333. The number of anilines is 3. The van der Waals surface area contributed by atoms with Crippen LogP contribution in [0.5, 0.6) is 0 Å². The molecular weight excluding hydrogens is 342 g/mol. The fourth-order valence-electron chi connectivity index (χ4n) is 2.70. The molecule has 3 aromatic heterocycles. The van der Waals surface area contributed by atoms with Gasteiger partial charge in [-0.1, -0.05) is 30.3 Å². The number of rotatable bonds is 5. The molecule has 0 saturated carbocycles. The molecule has 0 aliphatic heterocycles. The summed E-state index contributed by atoms with van der Waals surface area (Å²) in [6.07, 6.45) is 4.68. The molecule has 0 aliphatic carbocycles. The van der Waals surface area contributed by atoms with Gasteiger partial charge in [-0.15, -0.1) is 5.10 Å². The lowest BCUT2D eigenvalue weighted by Gasteiger charge is -2.09. The summed E-state index contributed by atoms with van der Waals surface area (Å²) in [6, 6.07) is 15.1. The van der Waals surface area contributed by atoms with Gasteiger partial charge in [-0.05, 0) is 17.7 Å². The van der Waals surface area contributed by atoms with Crippen molar-refractivity contribution in [2.45, 2.75) is 6.54 Å². The molecule has 0 spiro atoms. The van der Waals surface area contributed by atoms with Gasteiger partial charge in [-0.3, -0.25) is 9.78 Å². The van der Waals surface area contributed by atoms with Gasteiger partial charge >= 0.3 is 0 Å². The maximum Gasteiger partial charge on any atom is 0.276 e. The Balaban J connectivity index is 1.62. The molecule has 8 nitrogen and oxygen atoms in total. The first-order chi connectivity index (χ1) is 13.2. The molecule has 0 unspecified atom stereocenters. The number of carbonyl (C=O) groups is 1. The van der Waals surface area contributed by atoms with Crippen LogP contribution >= 0.6 is 0 Å². The third-order valence-electron chi connectivity index (χ3n) is 3.98. The summed E-state index contributed by atoms with van der Waals surface area (Å²) in [5.41, 5.74) is 9.21. The van der Waals surface area contributed by atoms with Crippen LogP contribution in [0.2, 0.25) is 0 Å². The first-order valence-electron chi connectivity index (χ1n) is 8.34. The number of imidazole rings is 1. The van der Waals surface area contributed by atoms with Crippen LogP contribution in [0.4, 0.5) is 17.2 Å². The van der Waals surface area contributed by atoms with Crippen molar-refractivity contribution in [3.63, 3.8) is 0 Å². The molecule has 1 amide bonds. The Hall–Kier alpha value is -3.94. The van der Waals surface area contributed by atoms with Crippen LogP contribution in [0.1, 0.15) is 16.1 Å². The fourth-order valence-corrected chi connectivity index (χ4v) is 2.70. The summed E-state index contributed by atoms with van der Waals surface area (Å²) in [7, 11) is 0. The first kappa shape index (κ1) is 16.5. The van der Waals surface area contributed by atoms with Crippen molar-refractivity contribution in [3.05, 3.63) is 78.4 Å². The van der Waals surface area contributed by atoms with E-state index < -0.39 is 0 Å². The number of amides is 1. The largest absolute Gasteiger partial charge is 0.382 e. The van der Waals surface area contributed by atoms with E-state index in [-0.39, 0.29) is 17.4 Å². The average Bonchev–Trinajstić information content (AvgIpc) is 3.11. The van der Waals surface area contributed by atoms with Crippen LogP contribution in [0.25, 0.3) is 5.65 Å². The zero-order valence-corrected chi connectivity index (χ0v) is 14.3. The molecule has 4 rings (SSSR count). The highest BCUT2D eigenvalue weighted by Crippen LogP contribution is 2.20. The van der Waals surface area contributed by atoms with Crippen LogP contribution in [0.15, 0.2) is 67.1 Å². The number of nitrogens with two attached hydrogens (primary N) is 1. The number of benzene rings is 1. The maximum atomic E-state index is 12.6. The predicted molar refractivity (Wildman–Crippen MR) is 103 cm³/mol. The molecule has 1 aromatic carbocycles. The Morgan fingerprint density at radius 2 is 1.89 bits per heavy atom. The average molecular weight is 359 g/mol. The molecule has 0 atom stereocenters. The second kappa shape index (κ2) is 7.12. The second-order valence-corrected chi connectivity index (χ2v) is 5.89. The van der Waals surface area contributed by atoms with Gasteiger partial charge in [-0.2, -0.15) is 0 Å². The fraction of sp³-hybridized carbons (Fsp3) is 0.0526. The van der Waals surface area contributed by atoms with Crippen molar-refractivity contribution in [2.24, 2.45) is 0 Å². The van der Waals surface area contributed by atoms with Crippen LogP contribution in [0, 0.1) is 0 Å². The molecule has 8 heteroatoms. The maximum absolute atomic E-state index is 12.6. The van der Waals surface area contributed by atoms with E-state index in [0.29, 0.717) is 23.6 Å². The van der Waals surface area contributed by atoms with Crippen LogP contribution < -0.4 is 16.4 Å². The summed E-state index contributed by atoms with van der Waals surface area (Å²) >= 11 is 0. The van der Waals surface area contributed by atoms with E-state index in [9.17, 15) is 4.79 Å². The lowest BCUT2D eigenvalue weighted by atomic mass is 10.2. The summed E-state index contributed by atoms with van der Waals surface area (Å²) in [5, 5.41) is 10.3. The van der Waals surface area contributed by atoms with E-state index in [0.717, 1.165) is 5.56 Å². The van der Waals surface area contributed by atoms with E-state index in [1.807, 2.05) is 30.3 Å². The van der Waals surface area contributed by atoms with Gasteiger partial charge in [0.05, 0.1) is 11.9 Å². The number of aromatic nitrogens is 4. The lowest BCUT2D eigenvalue weighted by Crippen LogP contribution is -2.16. The van der Waals surface area contributed by atoms with Crippen molar-refractivity contribution in [3.8, 4) is 0 Å². The van der Waals surface area contributed by atoms with Gasteiger partial charge in [-0.25, -0.2) is 9.50 Å². The van der Waals surface area contributed by atoms with E-state index >= 15 is 0 Å². The van der Waals surface area contributed by atoms with Gasteiger partial charge < -0.3 is 16.4 Å². The Kier molecular flexibility index (Phi) is 4.36. The highest BCUT2D eigenvalue weighted by molar-refractivity contribution is 6.03. The molecule has 134 valence electrons. The van der Waals surface area contributed by atoms with Crippen molar-refractivity contribution >= 4 is 28.7 Å². The smallest absolute Gasteiger partial charge is 0.276 e. The van der Waals surface area contributed by atoms with Crippen molar-refractivity contribution < 1.29 is 4.79 Å². The third kappa shape index (κ3) is 3.54. The molecule has 4 aromatic rings. The third-order valence-corrected chi connectivity index (χ3v) is 3.98. The standard InChI is InChI=1S/C19H17N7O/c20-17-10-15(22-11-13-4-2-1-3-5-13)18-23-12-16(26(18)25-17)19(27)24-14-6-8-21-9-7-14/h1-10,12,22H,11H2,(H2,20,25)(H,21,24,27). The van der Waals surface area contributed by atoms with Gasteiger partial charge in [0.15, 0.2) is 11.3 Å². The minimum absolute atomic E-state index is 0.286. The number of nitrogens with one attached hydrogen (secondary N) is 2. The number of hydrogen-bond acceptors (Lipinski definition) is 6. The topological polar surface area (TPSA) is 110 Å². The number of pyridine rings is 1. The number of hydrogen-bond donors (Lipinski definition) is 3. The van der Waals surface area contributed by atoms with E-state index in [2.05, 4.69) is 25.7 Å². The van der Waals surface area contributed by atoms with Gasteiger partial charge in [0, 0.05) is 30.7 Å². The summed E-state index contributed by atoms with van der Waals surface area (Å²) < 4.78 is 1.44. The molecule has 3 heterocycles. The molecular formula is C19H17N7O. The number of nitrogen functional groups attached to an aromatic ring is 1.